The summed E-state index contributed by atoms with van der Waals surface area (Å²) in [4.78, 5) is 0. The van der Waals surface area contributed by atoms with E-state index < -0.39 is 10.1 Å². The van der Waals surface area contributed by atoms with Crippen molar-refractivity contribution in [3.05, 3.63) is 0 Å². The Kier molecular flexibility index (Phi) is 9.10. The fourth-order valence-corrected chi connectivity index (χ4v) is 1.89. The van der Waals surface area contributed by atoms with Crippen molar-refractivity contribution in [3.8, 4) is 0 Å². The Hall–Kier alpha value is 0.0800. The number of nitrogens with one attached hydrogen (secondary N) is 1. The molecule has 1 N–H and O–H groups in total. The first-order valence-corrected chi connectivity index (χ1v) is 7.63. The Bertz CT molecular complexity index is 311. The lowest BCUT2D eigenvalue weighted by Crippen LogP contribution is -2.37. The van der Waals surface area contributed by atoms with Gasteiger partial charge in [0.1, 0.15) is 19.0 Å². The average molecular weight is 304 g/mol. The molecule has 18 heavy (non-hydrogen) atoms. The predicted molar refractivity (Wildman–Crippen MR) is 70.4 cm³/mol. The molecule has 2 atom stereocenters. The van der Waals surface area contributed by atoms with Crippen molar-refractivity contribution in [2.75, 3.05) is 32.7 Å². The average Bonchev–Trinajstić information content (AvgIpc) is 2.68. The van der Waals surface area contributed by atoms with Crippen LogP contribution in [0.1, 0.15) is 19.8 Å². The van der Waals surface area contributed by atoms with Crippen molar-refractivity contribution < 1.29 is 22.1 Å². The molecule has 1 rings (SSSR count). The summed E-state index contributed by atoms with van der Waals surface area (Å²) in [7, 11) is -3.42. The Morgan fingerprint density at radius 3 is 2.61 bits per heavy atom. The molecule has 8 heteroatoms. The fourth-order valence-electron chi connectivity index (χ4n) is 1.51. The van der Waals surface area contributed by atoms with E-state index in [0.717, 1.165) is 25.6 Å². The molecular formula is C10H22ClNO5S. The molecule has 1 aliphatic heterocycles. The van der Waals surface area contributed by atoms with Gasteiger partial charge in [-0.2, -0.15) is 8.42 Å². The van der Waals surface area contributed by atoms with Gasteiger partial charge < -0.3 is 14.8 Å². The lowest BCUT2D eigenvalue weighted by molar-refractivity contribution is 0.0305. The zero-order valence-electron chi connectivity index (χ0n) is 10.8. The smallest absolute Gasteiger partial charge is 0.264 e. The van der Waals surface area contributed by atoms with Crippen molar-refractivity contribution in [2.45, 2.75) is 32.0 Å². The molecule has 1 heterocycles. The molecule has 0 aromatic rings. The minimum Gasteiger partial charge on any atom is -0.348 e. The topological polar surface area (TPSA) is 73.9 Å². The van der Waals surface area contributed by atoms with Crippen LogP contribution in [-0.2, 0) is 23.8 Å². The Balaban J connectivity index is 0.00000289. The van der Waals surface area contributed by atoms with E-state index in [1.54, 1.807) is 0 Å². The van der Waals surface area contributed by atoms with Gasteiger partial charge in [-0.05, 0) is 13.0 Å². The summed E-state index contributed by atoms with van der Waals surface area (Å²) in [5.74, 6) is 0. The second kappa shape index (κ2) is 9.06. The molecule has 0 aliphatic carbocycles. The highest BCUT2D eigenvalue weighted by Gasteiger charge is 2.30. The van der Waals surface area contributed by atoms with Crippen LogP contribution < -0.4 is 5.32 Å². The third-order valence-corrected chi connectivity index (χ3v) is 3.04. The zero-order valence-corrected chi connectivity index (χ0v) is 12.4. The summed E-state index contributed by atoms with van der Waals surface area (Å²) >= 11 is 0. The van der Waals surface area contributed by atoms with E-state index in [1.807, 2.05) is 0 Å². The highest BCUT2D eigenvalue weighted by Crippen LogP contribution is 2.13. The number of unbranched alkanes of at least 4 members (excludes halogenated alkanes) is 1. The van der Waals surface area contributed by atoms with Gasteiger partial charge >= 0.3 is 0 Å². The molecular weight excluding hydrogens is 282 g/mol. The molecule has 0 amide bonds. The van der Waals surface area contributed by atoms with Crippen LogP contribution in [0.4, 0.5) is 0 Å². The van der Waals surface area contributed by atoms with E-state index in [4.69, 9.17) is 13.7 Å². The van der Waals surface area contributed by atoms with E-state index in [9.17, 15) is 8.42 Å². The van der Waals surface area contributed by atoms with Crippen molar-refractivity contribution in [1.29, 1.82) is 0 Å². The van der Waals surface area contributed by atoms with E-state index in [0.29, 0.717) is 6.54 Å². The van der Waals surface area contributed by atoms with E-state index in [-0.39, 0.29) is 38.0 Å². The highest BCUT2D eigenvalue weighted by atomic mass is 35.5. The molecule has 0 unspecified atom stereocenters. The summed E-state index contributed by atoms with van der Waals surface area (Å²) < 4.78 is 37.0. The summed E-state index contributed by atoms with van der Waals surface area (Å²) in [5, 5.41) is 3.25. The molecule has 1 fully saturated rings. The molecule has 0 bridgehead atoms. The standard InChI is InChI=1S/C10H21NO5S.ClH/c1-3-4-5-11-6-9-10(15-8-14-9)7-16-17(2,12)13;/h9-11H,3-8H2,1-2H3;1H/t9-,10-;/m0./s1. The number of halogens is 1. The molecule has 0 saturated carbocycles. The van der Waals surface area contributed by atoms with Gasteiger partial charge in [0.2, 0.25) is 0 Å². The van der Waals surface area contributed by atoms with Crippen LogP contribution in [0.15, 0.2) is 0 Å². The maximum atomic E-state index is 10.9. The van der Waals surface area contributed by atoms with Crippen LogP contribution in [0, 0.1) is 0 Å². The van der Waals surface area contributed by atoms with E-state index >= 15 is 0 Å². The molecule has 1 aliphatic rings. The molecule has 0 radical (unpaired) electrons. The number of rotatable bonds is 8. The molecule has 110 valence electrons. The number of hydrogen-bond acceptors (Lipinski definition) is 6. The van der Waals surface area contributed by atoms with Gasteiger partial charge in [0.15, 0.2) is 0 Å². The van der Waals surface area contributed by atoms with Gasteiger partial charge in [0, 0.05) is 6.54 Å². The van der Waals surface area contributed by atoms with Crippen molar-refractivity contribution >= 4 is 22.5 Å². The van der Waals surface area contributed by atoms with Gasteiger partial charge in [-0.25, -0.2) is 0 Å². The Labute approximate surface area is 115 Å². The maximum absolute atomic E-state index is 10.9. The summed E-state index contributed by atoms with van der Waals surface area (Å²) in [6.07, 6.45) is 2.80. The van der Waals surface area contributed by atoms with Crippen molar-refractivity contribution in [1.82, 2.24) is 5.32 Å². The van der Waals surface area contributed by atoms with Crippen LogP contribution in [0.2, 0.25) is 0 Å². The van der Waals surface area contributed by atoms with Crippen LogP contribution >= 0.6 is 12.4 Å². The van der Waals surface area contributed by atoms with Crippen molar-refractivity contribution in [3.63, 3.8) is 0 Å². The number of hydrogen-bond donors (Lipinski definition) is 1. The molecule has 0 aromatic heterocycles. The third kappa shape index (κ3) is 7.50. The quantitative estimate of drug-likeness (QED) is 0.520. The minimum atomic E-state index is -3.42. The van der Waals surface area contributed by atoms with Crippen LogP contribution in [-0.4, -0.2) is 53.4 Å². The van der Waals surface area contributed by atoms with E-state index in [1.165, 1.54) is 0 Å². The SMILES string of the molecule is CCCCNC[C@@H]1OCO[C@H]1COS(C)(=O)=O.Cl. The first-order chi connectivity index (χ1) is 8.03. The second-order valence-electron chi connectivity index (χ2n) is 4.07. The highest BCUT2D eigenvalue weighted by molar-refractivity contribution is 7.85. The minimum absolute atomic E-state index is 0. The molecule has 0 aromatic carbocycles. The van der Waals surface area contributed by atoms with Crippen LogP contribution in [0.3, 0.4) is 0 Å². The molecule has 1 saturated heterocycles. The van der Waals surface area contributed by atoms with Crippen molar-refractivity contribution in [2.24, 2.45) is 0 Å². The normalized spacial score (nSPS) is 23.9. The second-order valence-corrected chi connectivity index (χ2v) is 5.72. The zero-order chi connectivity index (χ0) is 12.7. The first-order valence-electron chi connectivity index (χ1n) is 5.81. The van der Waals surface area contributed by atoms with Gasteiger partial charge in [-0.3, -0.25) is 4.18 Å². The Morgan fingerprint density at radius 2 is 2.00 bits per heavy atom. The van der Waals surface area contributed by atoms with Gasteiger partial charge in [0.05, 0.1) is 12.9 Å². The van der Waals surface area contributed by atoms with Crippen LogP contribution in [0.25, 0.3) is 0 Å². The summed E-state index contributed by atoms with van der Waals surface area (Å²) in [6, 6.07) is 0. The van der Waals surface area contributed by atoms with Gasteiger partial charge in [-0.1, -0.05) is 13.3 Å². The maximum Gasteiger partial charge on any atom is 0.264 e. The van der Waals surface area contributed by atoms with Gasteiger partial charge in [-0.15, -0.1) is 12.4 Å². The van der Waals surface area contributed by atoms with Gasteiger partial charge in [0.25, 0.3) is 10.1 Å². The number of ether oxygens (including phenoxy) is 2. The molecule has 6 nitrogen and oxygen atoms in total. The lowest BCUT2D eigenvalue weighted by atomic mass is 10.2. The molecule has 0 spiro atoms. The predicted octanol–water partition coefficient (Wildman–Crippen LogP) is 0.516. The van der Waals surface area contributed by atoms with Crippen LogP contribution in [0.5, 0.6) is 0 Å². The van der Waals surface area contributed by atoms with E-state index in [2.05, 4.69) is 12.2 Å². The first kappa shape index (κ1) is 18.1. The summed E-state index contributed by atoms with van der Waals surface area (Å²) in [6.45, 7) is 3.91. The fraction of sp³-hybridized carbons (Fsp3) is 1.00. The Morgan fingerprint density at radius 1 is 1.33 bits per heavy atom. The summed E-state index contributed by atoms with van der Waals surface area (Å²) in [5.41, 5.74) is 0. The monoisotopic (exact) mass is 303 g/mol. The third-order valence-electron chi connectivity index (χ3n) is 2.48. The lowest BCUT2D eigenvalue weighted by Gasteiger charge is -2.16. The largest absolute Gasteiger partial charge is 0.348 e.